The molecule has 2 atom stereocenters. The monoisotopic (exact) mass is 301 g/mol. The Morgan fingerprint density at radius 2 is 2.32 bits per heavy atom. The second-order valence-corrected chi connectivity index (χ2v) is 6.79. The SMILES string of the molecule is CCCNC(c1ccc(Cl)cc1F)C1CCCCS1. The summed E-state index contributed by atoms with van der Waals surface area (Å²) in [6, 6.07) is 5.14. The average Bonchev–Trinajstić information content (AvgIpc) is 2.42. The molecule has 0 amide bonds. The Bertz CT molecular complexity index is 407. The number of hydrogen-bond donors (Lipinski definition) is 1. The molecular formula is C15H21ClFNS. The van der Waals surface area contributed by atoms with Crippen molar-refractivity contribution in [1.82, 2.24) is 5.32 Å². The molecule has 4 heteroatoms. The van der Waals surface area contributed by atoms with Crippen LogP contribution in [0.4, 0.5) is 4.39 Å². The summed E-state index contributed by atoms with van der Waals surface area (Å²) in [5.74, 6) is 0.997. The van der Waals surface area contributed by atoms with Gasteiger partial charge in [0.25, 0.3) is 0 Å². The summed E-state index contributed by atoms with van der Waals surface area (Å²) in [6.45, 7) is 3.06. The summed E-state index contributed by atoms with van der Waals surface area (Å²) < 4.78 is 14.1. The van der Waals surface area contributed by atoms with Crippen LogP contribution >= 0.6 is 23.4 Å². The van der Waals surface area contributed by atoms with Crippen molar-refractivity contribution in [1.29, 1.82) is 0 Å². The van der Waals surface area contributed by atoms with E-state index < -0.39 is 0 Å². The lowest BCUT2D eigenvalue weighted by Gasteiger charge is -2.31. The first-order valence-corrected chi connectivity index (χ1v) is 8.45. The standard InChI is InChI=1S/C15H21ClFNS/c1-2-8-18-15(14-5-3-4-9-19-14)12-7-6-11(16)10-13(12)17/h6-7,10,14-15,18H,2-5,8-9H2,1H3. The van der Waals surface area contributed by atoms with Crippen LogP contribution in [-0.2, 0) is 0 Å². The van der Waals surface area contributed by atoms with Crippen LogP contribution in [0.25, 0.3) is 0 Å². The highest BCUT2D eigenvalue weighted by atomic mass is 35.5. The Morgan fingerprint density at radius 3 is 2.95 bits per heavy atom. The molecule has 1 saturated heterocycles. The largest absolute Gasteiger partial charge is 0.309 e. The summed E-state index contributed by atoms with van der Waals surface area (Å²) in [6.07, 6.45) is 4.75. The van der Waals surface area contributed by atoms with Gasteiger partial charge >= 0.3 is 0 Å². The van der Waals surface area contributed by atoms with E-state index >= 15 is 0 Å². The smallest absolute Gasteiger partial charge is 0.129 e. The number of halogens is 2. The zero-order chi connectivity index (χ0) is 13.7. The third kappa shape index (κ3) is 4.11. The van der Waals surface area contributed by atoms with E-state index in [1.165, 1.54) is 24.7 Å². The fraction of sp³-hybridized carbons (Fsp3) is 0.600. The molecule has 0 saturated carbocycles. The van der Waals surface area contributed by atoms with E-state index in [0.717, 1.165) is 24.9 Å². The van der Waals surface area contributed by atoms with E-state index in [4.69, 9.17) is 11.6 Å². The van der Waals surface area contributed by atoms with Gasteiger partial charge in [0.15, 0.2) is 0 Å². The van der Waals surface area contributed by atoms with E-state index in [-0.39, 0.29) is 11.9 Å². The second-order valence-electron chi connectivity index (χ2n) is 5.00. The lowest BCUT2D eigenvalue weighted by molar-refractivity contribution is 0.459. The van der Waals surface area contributed by atoms with Crippen molar-refractivity contribution in [3.63, 3.8) is 0 Å². The molecule has 2 rings (SSSR count). The third-order valence-corrected chi connectivity index (χ3v) is 5.19. The molecule has 0 spiro atoms. The van der Waals surface area contributed by atoms with E-state index in [2.05, 4.69) is 12.2 Å². The zero-order valence-electron chi connectivity index (χ0n) is 11.3. The summed E-state index contributed by atoms with van der Waals surface area (Å²) in [4.78, 5) is 0. The molecule has 1 N–H and O–H groups in total. The van der Waals surface area contributed by atoms with Gasteiger partial charge in [-0.25, -0.2) is 4.39 Å². The van der Waals surface area contributed by atoms with Crippen LogP contribution in [0.15, 0.2) is 18.2 Å². The molecule has 19 heavy (non-hydrogen) atoms. The number of nitrogens with one attached hydrogen (secondary N) is 1. The van der Waals surface area contributed by atoms with E-state index in [1.807, 2.05) is 17.8 Å². The quantitative estimate of drug-likeness (QED) is 0.838. The highest BCUT2D eigenvalue weighted by Gasteiger charge is 2.27. The van der Waals surface area contributed by atoms with Crippen molar-refractivity contribution >= 4 is 23.4 Å². The molecular weight excluding hydrogens is 281 g/mol. The Hall–Kier alpha value is -0.250. The minimum atomic E-state index is -0.188. The number of benzene rings is 1. The van der Waals surface area contributed by atoms with Crippen LogP contribution in [0.2, 0.25) is 5.02 Å². The van der Waals surface area contributed by atoms with Gasteiger partial charge in [-0.2, -0.15) is 11.8 Å². The first kappa shape index (κ1) is 15.1. The Morgan fingerprint density at radius 1 is 1.47 bits per heavy atom. The maximum absolute atomic E-state index is 14.1. The molecule has 1 nitrogen and oxygen atoms in total. The predicted octanol–water partition coefficient (Wildman–Crippen LogP) is 4.81. The molecule has 2 unspecified atom stereocenters. The number of thioether (sulfide) groups is 1. The average molecular weight is 302 g/mol. The Balaban J connectivity index is 2.19. The van der Waals surface area contributed by atoms with Crippen molar-refractivity contribution in [2.75, 3.05) is 12.3 Å². The van der Waals surface area contributed by atoms with Gasteiger partial charge in [-0.15, -0.1) is 0 Å². The van der Waals surface area contributed by atoms with Crippen LogP contribution in [0, 0.1) is 5.82 Å². The first-order valence-electron chi connectivity index (χ1n) is 7.02. The molecule has 0 aromatic heterocycles. The van der Waals surface area contributed by atoms with Gasteiger partial charge in [0, 0.05) is 21.9 Å². The number of hydrogen-bond acceptors (Lipinski definition) is 2. The fourth-order valence-corrected chi connectivity index (χ4v) is 4.12. The summed E-state index contributed by atoms with van der Waals surface area (Å²) in [7, 11) is 0. The lowest BCUT2D eigenvalue weighted by atomic mass is 9.98. The Labute approximate surface area is 124 Å². The van der Waals surface area contributed by atoms with E-state index in [9.17, 15) is 4.39 Å². The van der Waals surface area contributed by atoms with Gasteiger partial charge in [-0.1, -0.05) is 31.0 Å². The van der Waals surface area contributed by atoms with Crippen molar-refractivity contribution < 1.29 is 4.39 Å². The van der Waals surface area contributed by atoms with Gasteiger partial charge in [0.05, 0.1) is 0 Å². The number of rotatable bonds is 5. The molecule has 1 fully saturated rings. The van der Waals surface area contributed by atoms with E-state index in [0.29, 0.717) is 10.3 Å². The van der Waals surface area contributed by atoms with Crippen LogP contribution in [0.3, 0.4) is 0 Å². The predicted molar refractivity (Wildman–Crippen MR) is 82.5 cm³/mol. The van der Waals surface area contributed by atoms with Crippen LogP contribution in [0.5, 0.6) is 0 Å². The highest BCUT2D eigenvalue weighted by molar-refractivity contribution is 8.00. The summed E-state index contributed by atoms with van der Waals surface area (Å²) in [5, 5.41) is 4.44. The lowest BCUT2D eigenvalue weighted by Crippen LogP contribution is -2.33. The molecule has 1 aliphatic rings. The molecule has 1 aromatic rings. The van der Waals surface area contributed by atoms with Crippen LogP contribution in [0.1, 0.15) is 44.2 Å². The fourth-order valence-electron chi connectivity index (χ4n) is 2.52. The minimum absolute atomic E-state index is 0.0996. The van der Waals surface area contributed by atoms with Crippen LogP contribution in [-0.4, -0.2) is 17.5 Å². The molecule has 0 bridgehead atoms. The molecule has 1 aliphatic heterocycles. The summed E-state index contributed by atoms with van der Waals surface area (Å²) in [5.41, 5.74) is 0.761. The van der Waals surface area contributed by atoms with Gasteiger partial charge < -0.3 is 5.32 Å². The molecule has 0 radical (unpaired) electrons. The van der Waals surface area contributed by atoms with Crippen LogP contribution < -0.4 is 5.32 Å². The normalized spacial score (nSPS) is 21.3. The second kappa shape index (κ2) is 7.51. The summed E-state index contributed by atoms with van der Waals surface area (Å²) >= 11 is 7.81. The topological polar surface area (TPSA) is 12.0 Å². The van der Waals surface area contributed by atoms with Crippen molar-refractivity contribution in [3.8, 4) is 0 Å². The molecule has 0 aliphatic carbocycles. The minimum Gasteiger partial charge on any atom is -0.309 e. The highest BCUT2D eigenvalue weighted by Crippen LogP contribution is 2.36. The molecule has 106 valence electrons. The zero-order valence-corrected chi connectivity index (χ0v) is 12.9. The Kier molecular flexibility index (Phi) is 5.99. The van der Waals surface area contributed by atoms with Gasteiger partial charge in [-0.3, -0.25) is 0 Å². The van der Waals surface area contributed by atoms with E-state index in [1.54, 1.807) is 6.07 Å². The molecule has 1 heterocycles. The van der Waals surface area contributed by atoms with Crippen molar-refractivity contribution in [2.45, 2.75) is 43.9 Å². The van der Waals surface area contributed by atoms with Gasteiger partial charge in [0.1, 0.15) is 5.82 Å². The maximum Gasteiger partial charge on any atom is 0.129 e. The first-order chi connectivity index (χ1) is 9.22. The maximum atomic E-state index is 14.1. The molecule has 1 aromatic carbocycles. The van der Waals surface area contributed by atoms with Gasteiger partial charge in [0.2, 0.25) is 0 Å². The van der Waals surface area contributed by atoms with Crippen molar-refractivity contribution in [3.05, 3.63) is 34.6 Å². The van der Waals surface area contributed by atoms with Crippen molar-refractivity contribution in [2.24, 2.45) is 0 Å². The van der Waals surface area contributed by atoms with Gasteiger partial charge in [-0.05, 0) is 43.7 Å². The third-order valence-electron chi connectivity index (χ3n) is 3.50.